The molecule has 0 atom stereocenters. The van der Waals surface area contributed by atoms with Gasteiger partial charge in [-0.1, -0.05) is 11.6 Å². The summed E-state index contributed by atoms with van der Waals surface area (Å²) in [7, 11) is 0. The number of hydrogen-bond acceptors (Lipinski definition) is 4. The Morgan fingerprint density at radius 2 is 1.71 bits per heavy atom. The monoisotopic (exact) mass is 356 g/mol. The summed E-state index contributed by atoms with van der Waals surface area (Å²) in [6.45, 7) is 0. The predicted molar refractivity (Wildman–Crippen MR) is 76.3 cm³/mol. The van der Waals surface area contributed by atoms with Gasteiger partial charge in [0.1, 0.15) is 34.9 Å². The lowest BCUT2D eigenvalue weighted by molar-refractivity contribution is -0.137. The molecule has 0 saturated heterocycles. The van der Waals surface area contributed by atoms with Crippen LogP contribution in [0.1, 0.15) is 16.7 Å². The van der Waals surface area contributed by atoms with Crippen LogP contribution in [-0.2, 0) is 6.18 Å². The Hall–Kier alpha value is -3.04. The molecular weight excluding hydrogens is 352 g/mol. The molecule has 5 nitrogen and oxygen atoms in total. The summed E-state index contributed by atoms with van der Waals surface area (Å²) in [4.78, 5) is 13.7. The third-order valence-corrected chi connectivity index (χ3v) is 3.41. The number of alkyl halides is 3. The van der Waals surface area contributed by atoms with Crippen molar-refractivity contribution in [3.63, 3.8) is 0 Å². The zero-order valence-corrected chi connectivity index (χ0v) is 12.2. The van der Waals surface area contributed by atoms with E-state index >= 15 is 0 Å². The number of benzene rings is 1. The number of nitrogens with two attached hydrogens (primary N) is 1. The Morgan fingerprint density at radius 1 is 1.12 bits per heavy atom. The van der Waals surface area contributed by atoms with E-state index < -0.39 is 56.2 Å². The molecule has 3 N–H and O–H groups in total. The molecule has 0 spiro atoms. The van der Waals surface area contributed by atoms with Crippen molar-refractivity contribution < 1.29 is 17.6 Å². The fourth-order valence-corrected chi connectivity index (χ4v) is 2.28. The highest BCUT2D eigenvalue weighted by atomic mass is 35.5. The third kappa shape index (κ3) is 2.66. The van der Waals surface area contributed by atoms with Gasteiger partial charge in [-0.05, 0) is 12.1 Å². The van der Waals surface area contributed by atoms with E-state index in [9.17, 15) is 22.4 Å². The van der Waals surface area contributed by atoms with Crippen LogP contribution >= 0.6 is 11.6 Å². The van der Waals surface area contributed by atoms with E-state index in [4.69, 9.17) is 27.9 Å². The van der Waals surface area contributed by atoms with Gasteiger partial charge in [0.2, 0.25) is 0 Å². The first kappa shape index (κ1) is 17.3. The maximum Gasteiger partial charge on any atom is 0.417 e. The van der Waals surface area contributed by atoms with Gasteiger partial charge >= 0.3 is 6.18 Å². The van der Waals surface area contributed by atoms with E-state index in [1.165, 1.54) is 12.1 Å². The fraction of sp³-hybridized carbons (Fsp3) is 0.0714. The highest BCUT2D eigenvalue weighted by Gasteiger charge is 2.37. The number of aromatic nitrogens is 1. The molecule has 0 bridgehead atoms. The first-order chi connectivity index (χ1) is 11.1. The number of H-pyrrole nitrogens is 1. The quantitative estimate of drug-likeness (QED) is 0.765. The van der Waals surface area contributed by atoms with Crippen molar-refractivity contribution in [2.24, 2.45) is 0 Å². The van der Waals surface area contributed by atoms with E-state index in [0.29, 0.717) is 12.1 Å². The molecule has 122 valence electrons. The van der Waals surface area contributed by atoms with Gasteiger partial charge < -0.3 is 10.7 Å². The zero-order chi connectivity index (χ0) is 18.2. The zero-order valence-electron chi connectivity index (χ0n) is 11.4. The van der Waals surface area contributed by atoms with Crippen LogP contribution in [-0.4, -0.2) is 4.98 Å². The number of nitriles is 2. The minimum absolute atomic E-state index is 0.487. The Labute approximate surface area is 136 Å². The minimum Gasteiger partial charge on any atom is -0.384 e. The van der Waals surface area contributed by atoms with E-state index in [1.54, 1.807) is 0 Å². The topological polar surface area (TPSA) is 106 Å². The molecule has 0 saturated carbocycles. The van der Waals surface area contributed by atoms with Gasteiger partial charge in [-0.25, -0.2) is 4.39 Å². The van der Waals surface area contributed by atoms with Gasteiger partial charge in [0.25, 0.3) is 5.56 Å². The summed E-state index contributed by atoms with van der Waals surface area (Å²) >= 11 is 5.53. The van der Waals surface area contributed by atoms with Crippen molar-refractivity contribution in [3.8, 4) is 23.3 Å². The van der Waals surface area contributed by atoms with Crippen molar-refractivity contribution in [3.05, 3.63) is 50.0 Å². The van der Waals surface area contributed by atoms with E-state index in [1.807, 2.05) is 4.98 Å². The molecule has 1 aromatic carbocycles. The maximum atomic E-state index is 14.4. The Bertz CT molecular complexity index is 983. The van der Waals surface area contributed by atoms with Crippen LogP contribution < -0.4 is 11.3 Å². The van der Waals surface area contributed by atoms with Gasteiger partial charge in [0.15, 0.2) is 0 Å². The number of hydrogen-bond donors (Lipinski definition) is 2. The number of halogens is 5. The molecule has 0 aliphatic heterocycles. The van der Waals surface area contributed by atoms with Gasteiger partial charge in [0.05, 0.1) is 10.6 Å². The molecule has 0 fully saturated rings. The number of anilines is 1. The number of aromatic amines is 1. The molecule has 0 aliphatic carbocycles. The van der Waals surface area contributed by atoms with Crippen LogP contribution in [0.5, 0.6) is 0 Å². The van der Waals surface area contributed by atoms with Crippen LogP contribution in [0.2, 0.25) is 5.02 Å². The highest BCUT2D eigenvalue weighted by Crippen LogP contribution is 2.42. The standard InChI is InChI=1S/C14H5ClF4N4O/c15-8-2-1-7(14(17,18)19)10(11(8)16)9-5(3-20)12(22)23-13(24)6(9)4-21/h1-2H,(H3,22,23,24). The molecule has 2 rings (SSSR count). The molecule has 24 heavy (non-hydrogen) atoms. The van der Waals surface area contributed by atoms with Crippen molar-refractivity contribution in [2.75, 3.05) is 5.73 Å². The average Bonchev–Trinajstić information content (AvgIpc) is 2.48. The summed E-state index contributed by atoms with van der Waals surface area (Å²) in [6, 6.07) is 3.99. The van der Waals surface area contributed by atoms with Gasteiger partial charge in [-0.3, -0.25) is 4.79 Å². The van der Waals surface area contributed by atoms with E-state index in [2.05, 4.69) is 0 Å². The smallest absolute Gasteiger partial charge is 0.384 e. The Balaban J connectivity index is 3.15. The number of nitrogens with one attached hydrogen (secondary N) is 1. The predicted octanol–water partition coefficient (Wildman–Crippen LogP) is 3.18. The fourth-order valence-electron chi connectivity index (χ4n) is 2.12. The molecule has 1 heterocycles. The first-order valence-electron chi connectivity index (χ1n) is 6.05. The molecule has 2 aromatic rings. The summed E-state index contributed by atoms with van der Waals surface area (Å²) in [5.74, 6) is -2.12. The maximum absolute atomic E-state index is 14.4. The lowest BCUT2D eigenvalue weighted by Crippen LogP contribution is -2.18. The van der Waals surface area contributed by atoms with Gasteiger partial charge in [0, 0.05) is 11.1 Å². The van der Waals surface area contributed by atoms with Crippen LogP contribution in [0.3, 0.4) is 0 Å². The second-order valence-corrected chi connectivity index (χ2v) is 4.91. The second kappa shape index (κ2) is 5.87. The molecule has 0 aliphatic rings. The molecule has 1 aromatic heterocycles. The van der Waals surface area contributed by atoms with Crippen LogP contribution in [0.4, 0.5) is 23.4 Å². The third-order valence-electron chi connectivity index (χ3n) is 3.12. The minimum atomic E-state index is -5.03. The molecule has 0 radical (unpaired) electrons. The number of pyridine rings is 1. The van der Waals surface area contributed by atoms with Crippen molar-refractivity contribution in [1.29, 1.82) is 10.5 Å². The van der Waals surface area contributed by atoms with Gasteiger partial charge in [-0.15, -0.1) is 0 Å². The summed E-state index contributed by atoms with van der Waals surface area (Å²) in [6.07, 6.45) is -5.03. The molecule has 10 heteroatoms. The number of nitrogens with zero attached hydrogens (tertiary/aromatic N) is 2. The molecule has 0 unspecified atom stereocenters. The normalized spacial score (nSPS) is 11.0. The van der Waals surface area contributed by atoms with Crippen LogP contribution in [0.25, 0.3) is 11.1 Å². The van der Waals surface area contributed by atoms with Crippen LogP contribution in [0.15, 0.2) is 16.9 Å². The number of rotatable bonds is 1. The SMILES string of the molecule is N#Cc1c(N)[nH]c(=O)c(C#N)c1-c1c(C(F)(F)F)ccc(Cl)c1F. The van der Waals surface area contributed by atoms with Crippen molar-refractivity contribution in [1.82, 2.24) is 4.98 Å². The highest BCUT2D eigenvalue weighted by molar-refractivity contribution is 6.31. The largest absolute Gasteiger partial charge is 0.417 e. The first-order valence-corrected chi connectivity index (χ1v) is 6.42. The molecule has 0 amide bonds. The van der Waals surface area contributed by atoms with Crippen molar-refractivity contribution in [2.45, 2.75) is 6.18 Å². The van der Waals surface area contributed by atoms with Crippen molar-refractivity contribution >= 4 is 17.4 Å². The lowest BCUT2D eigenvalue weighted by Gasteiger charge is -2.17. The molecular formula is C14H5ClF4N4O. The Kier molecular flexibility index (Phi) is 4.24. The Morgan fingerprint density at radius 3 is 2.21 bits per heavy atom. The summed E-state index contributed by atoms with van der Waals surface area (Å²) in [5, 5.41) is 17.5. The van der Waals surface area contributed by atoms with Crippen LogP contribution in [0, 0.1) is 28.5 Å². The second-order valence-electron chi connectivity index (χ2n) is 4.50. The van der Waals surface area contributed by atoms with E-state index in [0.717, 1.165) is 0 Å². The van der Waals surface area contributed by atoms with E-state index in [-0.39, 0.29) is 0 Å². The average molecular weight is 357 g/mol. The summed E-state index contributed by atoms with van der Waals surface area (Å²) < 4.78 is 54.0. The van der Waals surface area contributed by atoms with Gasteiger partial charge in [-0.2, -0.15) is 23.7 Å². The number of nitrogen functional groups attached to an aromatic ring is 1. The summed E-state index contributed by atoms with van der Waals surface area (Å²) in [5.41, 5.74) is -0.821. The lowest BCUT2D eigenvalue weighted by atomic mass is 9.92.